The molecule has 2 fully saturated rings. The van der Waals surface area contributed by atoms with Crippen molar-refractivity contribution < 1.29 is 0 Å². The lowest BCUT2D eigenvalue weighted by Gasteiger charge is -2.38. The molecule has 2 aromatic rings. The highest BCUT2D eigenvalue weighted by molar-refractivity contribution is 5.75. The lowest BCUT2D eigenvalue weighted by molar-refractivity contribution is 0.277. The van der Waals surface area contributed by atoms with Gasteiger partial charge in [-0.1, -0.05) is 25.1 Å². The van der Waals surface area contributed by atoms with Crippen LogP contribution in [0.5, 0.6) is 0 Å². The monoisotopic (exact) mass is 368 g/mol. The van der Waals surface area contributed by atoms with E-state index in [1.807, 2.05) is 18.2 Å². The molecule has 0 radical (unpaired) electrons. The van der Waals surface area contributed by atoms with E-state index in [1.54, 1.807) is 0 Å². The first-order chi connectivity index (χ1) is 13.2. The standard InChI is InChI=1S/C21H28N4O2/c1-2-23-10-6-9-17(23)15-22-18-19(21(27)20(18)26)25-13-11-24(12-14-25)16-7-4-3-5-8-16/h3-5,7-8,17,22H,2,6,9-15H2,1H3/t17-/m1/s1. The highest BCUT2D eigenvalue weighted by Crippen LogP contribution is 2.25. The molecule has 144 valence electrons. The smallest absolute Gasteiger partial charge is 0.253 e. The Hall–Kier alpha value is -2.34. The summed E-state index contributed by atoms with van der Waals surface area (Å²) in [5.41, 5.74) is 1.67. The van der Waals surface area contributed by atoms with Crippen molar-refractivity contribution in [2.75, 3.05) is 60.9 Å². The van der Waals surface area contributed by atoms with Crippen LogP contribution in [0.15, 0.2) is 39.9 Å². The molecule has 0 aromatic heterocycles. The first kappa shape index (κ1) is 18.0. The molecule has 0 spiro atoms. The first-order valence-corrected chi connectivity index (χ1v) is 10.0. The molecule has 2 aliphatic rings. The van der Waals surface area contributed by atoms with Crippen LogP contribution in [0.3, 0.4) is 0 Å². The second-order valence-electron chi connectivity index (χ2n) is 7.50. The Morgan fingerprint density at radius 2 is 1.67 bits per heavy atom. The van der Waals surface area contributed by atoms with Gasteiger partial charge in [-0.3, -0.25) is 14.5 Å². The fourth-order valence-corrected chi connectivity index (χ4v) is 4.43. The molecule has 2 saturated heterocycles. The Kier molecular flexibility index (Phi) is 5.16. The van der Waals surface area contributed by atoms with Crippen LogP contribution in [-0.2, 0) is 0 Å². The topological polar surface area (TPSA) is 55.9 Å². The van der Waals surface area contributed by atoms with Crippen LogP contribution in [0.4, 0.5) is 17.1 Å². The highest BCUT2D eigenvalue weighted by atomic mass is 16.2. The molecule has 4 rings (SSSR count). The molecular formula is C21H28N4O2. The normalized spacial score (nSPS) is 21.1. The molecule has 0 aliphatic carbocycles. The highest BCUT2D eigenvalue weighted by Gasteiger charge is 2.30. The number of para-hydroxylation sites is 1. The van der Waals surface area contributed by atoms with Gasteiger partial charge >= 0.3 is 0 Å². The summed E-state index contributed by atoms with van der Waals surface area (Å²) in [4.78, 5) is 31.2. The minimum Gasteiger partial charge on any atom is -0.378 e. The van der Waals surface area contributed by atoms with Crippen molar-refractivity contribution in [1.29, 1.82) is 0 Å². The van der Waals surface area contributed by atoms with Crippen molar-refractivity contribution >= 4 is 17.1 Å². The number of nitrogens with zero attached hydrogens (tertiary/aromatic N) is 3. The fourth-order valence-electron chi connectivity index (χ4n) is 4.43. The van der Waals surface area contributed by atoms with Crippen LogP contribution in [-0.4, -0.2) is 56.8 Å². The Morgan fingerprint density at radius 1 is 0.963 bits per heavy atom. The van der Waals surface area contributed by atoms with Gasteiger partial charge in [-0.2, -0.15) is 0 Å². The maximum Gasteiger partial charge on any atom is 0.253 e. The van der Waals surface area contributed by atoms with Gasteiger partial charge in [0.25, 0.3) is 10.9 Å². The number of anilines is 3. The zero-order valence-electron chi connectivity index (χ0n) is 16.0. The minimum atomic E-state index is -0.350. The first-order valence-electron chi connectivity index (χ1n) is 10.0. The lowest BCUT2D eigenvalue weighted by atomic mass is 10.1. The van der Waals surface area contributed by atoms with Gasteiger partial charge < -0.3 is 15.1 Å². The van der Waals surface area contributed by atoms with E-state index < -0.39 is 0 Å². The summed E-state index contributed by atoms with van der Waals surface area (Å²) in [6.45, 7) is 8.32. The molecule has 0 unspecified atom stereocenters. The largest absolute Gasteiger partial charge is 0.378 e. The number of nitrogens with one attached hydrogen (secondary N) is 1. The van der Waals surface area contributed by atoms with Crippen molar-refractivity contribution in [3.63, 3.8) is 0 Å². The molecule has 2 aromatic carbocycles. The number of hydrogen-bond donors (Lipinski definition) is 1. The molecular weight excluding hydrogens is 340 g/mol. The second kappa shape index (κ2) is 7.72. The van der Waals surface area contributed by atoms with E-state index in [-0.39, 0.29) is 10.9 Å². The SMILES string of the molecule is CCN1CCC[C@@H]1CNc1c(N2CCN(c3ccccc3)CC2)c(=O)c1=O. The van der Waals surface area contributed by atoms with Crippen LogP contribution in [0, 0.1) is 0 Å². The van der Waals surface area contributed by atoms with Gasteiger partial charge in [-0.15, -0.1) is 0 Å². The van der Waals surface area contributed by atoms with Gasteiger partial charge in [-0.05, 0) is 38.1 Å². The van der Waals surface area contributed by atoms with E-state index in [0.717, 1.165) is 52.2 Å². The Labute approximate surface area is 160 Å². The summed E-state index contributed by atoms with van der Waals surface area (Å²) >= 11 is 0. The van der Waals surface area contributed by atoms with E-state index in [9.17, 15) is 9.59 Å². The van der Waals surface area contributed by atoms with E-state index >= 15 is 0 Å². The molecule has 0 saturated carbocycles. The molecule has 6 heteroatoms. The van der Waals surface area contributed by atoms with Crippen LogP contribution in [0.25, 0.3) is 0 Å². The van der Waals surface area contributed by atoms with E-state index in [2.05, 4.69) is 39.1 Å². The third-order valence-corrected chi connectivity index (χ3v) is 6.02. The van der Waals surface area contributed by atoms with Crippen molar-refractivity contribution in [2.24, 2.45) is 0 Å². The molecule has 1 atom stereocenters. The van der Waals surface area contributed by atoms with Gasteiger partial charge in [0.15, 0.2) is 0 Å². The van der Waals surface area contributed by atoms with Crippen LogP contribution < -0.4 is 26.0 Å². The quantitative estimate of drug-likeness (QED) is 0.780. The summed E-state index contributed by atoms with van der Waals surface area (Å²) in [7, 11) is 0. The molecule has 0 amide bonds. The lowest BCUT2D eigenvalue weighted by Crippen LogP contribution is -2.52. The van der Waals surface area contributed by atoms with Crippen molar-refractivity contribution in [2.45, 2.75) is 25.8 Å². The molecule has 2 aliphatic heterocycles. The molecule has 27 heavy (non-hydrogen) atoms. The number of likely N-dealkylation sites (N-methyl/N-ethyl adjacent to an activating group) is 1. The van der Waals surface area contributed by atoms with Gasteiger partial charge in [0.05, 0.1) is 0 Å². The third kappa shape index (κ3) is 3.46. The summed E-state index contributed by atoms with van der Waals surface area (Å²) in [5.74, 6) is 0. The summed E-state index contributed by atoms with van der Waals surface area (Å²) < 4.78 is 0. The number of benzene rings is 1. The van der Waals surface area contributed by atoms with Gasteiger partial charge in [0, 0.05) is 44.5 Å². The Balaban J connectivity index is 1.39. The van der Waals surface area contributed by atoms with Crippen molar-refractivity contribution in [3.05, 3.63) is 50.8 Å². The van der Waals surface area contributed by atoms with E-state index in [4.69, 9.17) is 0 Å². The second-order valence-corrected chi connectivity index (χ2v) is 7.50. The molecule has 0 bridgehead atoms. The van der Waals surface area contributed by atoms with Crippen molar-refractivity contribution in [3.8, 4) is 0 Å². The average Bonchev–Trinajstić information content (AvgIpc) is 3.19. The predicted octanol–water partition coefficient (Wildman–Crippen LogP) is 1.51. The van der Waals surface area contributed by atoms with Crippen LogP contribution >= 0.6 is 0 Å². The summed E-state index contributed by atoms with van der Waals surface area (Å²) in [6, 6.07) is 10.8. The number of rotatable bonds is 6. The maximum absolute atomic E-state index is 12.2. The molecule has 6 nitrogen and oxygen atoms in total. The Bertz CT molecular complexity index is 836. The van der Waals surface area contributed by atoms with Gasteiger partial charge in [0.2, 0.25) is 0 Å². The third-order valence-electron chi connectivity index (χ3n) is 6.02. The van der Waals surface area contributed by atoms with Gasteiger partial charge in [-0.25, -0.2) is 0 Å². The number of hydrogen-bond acceptors (Lipinski definition) is 6. The van der Waals surface area contributed by atoms with E-state index in [1.165, 1.54) is 12.1 Å². The molecule has 1 N–H and O–H groups in total. The molecule has 2 heterocycles. The summed E-state index contributed by atoms with van der Waals surface area (Å²) in [6.07, 6.45) is 2.36. The van der Waals surface area contributed by atoms with Crippen molar-refractivity contribution in [1.82, 2.24) is 4.90 Å². The van der Waals surface area contributed by atoms with Crippen LogP contribution in [0.1, 0.15) is 19.8 Å². The zero-order valence-corrected chi connectivity index (χ0v) is 16.0. The zero-order chi connectivity index (χ0) is 18.8. The summed E-state index contributed by atoms with van der Waals surface area (Å²) in [5, 5.41) is 3.31. The fraction of sp³-hybridized carbons (Fsp3) is 0.524. The average molecular weight is 368 g/mol. The maximum atomic E-state index is 12.2. The van der Waals surface area contributed by atoms with E-state index in [0.29, 0.717) is 17.4 Å². The van der Waals surface area contributed by atoms with Gasteiger partial charge in [0.1, 0.15) is 11.4 Å². The number of piperazine rings is 1. The predicted molar refractivity (Wildman–Crippen MR) is 111 cm³/mol. The number of likely N-dealkylation sites (tertiary alicyclic amines) is 1. The van der Waals surface area contributed by atoms with Crippen LogP contribution in [0.2, 0.25) is 0 Å². The Morgan fingerprint density at radius 3 is 2.37 bits per heavy atom. The minimum absolute atomic E-state index is 0.329.